The summed E-state index contributed by atoms with van der Waals surface area (Å²) in [4.78, 5) is 17.3. The first-order valence-corrected chi connectivity index (χ1v) is 12.1. The molecular formula is C28H22ClN3O3S. The molecule has 5 rings (SSSR count). The van der Waals surface area contributed by atoms with Crippen molar-refractivity contribution in [3.63, 3.8) is 0 Å². The van der Waals surface area contributed by atoms with Crippen molar-refractivity contribution in [2.45, 2.75) is 19.8 Å². The van der Waals surface area contributed by atoms with Gasteiger partial charge in [0, 0.05) is 21.8 Å². The highest BCUT2D eigenvalue weighted by Crippen LogP contribution is 2.28. The lowest BCUT2D eigenvalue weighted by molar-refractivity contribution is 0.0951. The van der Waals surface area contributed by atoms with Gasteiger partial charge in [0.1, 0.15) is 11.3 Å². The summed E-state index contributed by atoms with van der Waals surface area (Å²) in [6, 6.07) is 24.0. The van der Waals surface area contributed by atoms with Gasteiger partial charge in [-0.3, -0.25) is 10.1 Å². The number of halogens is 1. The standard InChI is InChI=1S/C28H22ClN3O3S/c1-16(2)18-8-11-24-22(15-18)31-27(35-24)19-4-3-5-21(14-19)30-28(36)32-26(33)25-13-12-23(34-25)17-6-9-20(29)10-7-17/h3-16H,1-2H3,(H2,30,32,33,36). The predicted molar refractivity (Wildman–Crippen MR) is 146 cm³/mol. The van der Waals surface area contributed by atoms with Crippen LogP contribution in [0, 0.1) is 0 Å². The number of hydrogen-bond donors (Lipinski definition) is 2. The molecule has 0 saturated heterocycles. The SMILES string of the molecule is CC(C)c1ccc2oc(-c3cccc(NC(=S)NC(=O)c4ccc(-c5ccc(Cl)cc5)o4)c3)nc2c1. The molecule has 5 aromatic rings. The van der Waals surface area contributed by atoms with Crippen molar-refractivity contribution in [3.05, 3.63) is 95.2 Å². The molecule has 1 amide bonds. The Hall–Kier alpha value is -3.94. The number of oxazole rings is 1. The molecule has 0 spiro atoms. The molecule has 2 heterocycles. The number of amides is 1. The van der Waals surface area contributed by atoms with E-state index in [1.54, 1.807) is 24.3 Å². The number of anilines is 1. The Labute approximate surface area is 218 Å². The molecule has 0 bridgehead atoms. The highest BCUT2D eigenvalue weighted by atomic mass is 35.5. The molecule has 0 radical (unpaired) electrons. The Morgan fingerprint density at radius 3 is 2.53 bits per heavy atom. The largest absolute Gasteiger partial charge is 0.451 e. The van der Waals surface area contributed by atoms with Gasteiger partial charge in [-0.05, 0) is 90.4 Å². The van der Waals surface area contributed by atoms with Crippen LogP contribution >= 0.6 is 23.8 Å². The second-order valence-electron chi connectivity index (χ2n) is 8.56. The van der Waals surface area contributed by atoms with Crippen LogP contribution in [0.15, 0.2) is 87.7 Å². The van der Waals surface area contributed by atoms with Crippen LogP contribution in [0.25, 0.3) is 33.9 Å². The number of thiocarbonyl (C=S) groups is 1. The molecule has 3 aromatic carbocycles. The molecule has 2 N–H and O–H groups in total. The molecule has 36 heavy (non-hydrogen) atoms. The summed E-state index contributed by atoms with van der Waals surface area (Å²) in [6.07, 6.45) is 0. The fourth-order valence-corrected chi connectivity index (χ4v) is 4.05. The van der Waals surface area contributed by atoms with E-state index in [1.165, 1.54) is 5.56 Å². The molecular weight excluding hydrogens is 494 g/mol. The zero-order chi connectivity index (χ0) is 25.2. The molecule has 0 saturated carbocycles. The Morgan fingerprint density at radius 1 is 0.944 bits per heavy atom. The zero-order valence-electron chi connectivity index (χ0n) is 19.5. The summed E-state index contributed by atoms with van der Waals surface area (Å²) in [5.41, 5.74) is 5.03. The first-order valence-electron chi connectivity index (χ1n) is 11.3. The number of furan rings is 1. The third-order valence-electron chi connectivity index (χ3n) is 5.63. The second-order valence-corrected chi connectivity index (χ2v) is 9.41. The minimum atomic E-state index is -0.455. The lowest BCUT2D eigenvalue weighted by Gasteiger charge is -2.09. The summed E-state index contributed by atoms with van der Waals surface area (Å²) < 4.78 is 11.6. The Balaban J connectivity index is 1.26. The maximum Gasteiger partial charge on any atom is 0.293 e. The monoisotopic (exact) mass is 515 g/mol. The first-order chi connectivity index (χ1) is 17.4. The topological polar surface area (TPSA) is 80.3 Å². The van der Waals surface area contributed by atoms with E-state index in [0.29, 0.717) is 28.3 Å². The van der Waals surface area contributed by atoms with E-state index < -0.39 is 5.91 Å². The number of benzene rings is 3. The summed E-state index contributed by atoms with van der Waals surface area (Å²) in [7, 11) is 0. The normalized spacial score (nSPS) is 11.1. The average Bonchev–Trinajstić information content (AvgIpc) is 3.52. The smallest absolute Gasteiger partial charge is 0.293 e. The number of carbonyl (C=O) groups is 1. The van der Waals surface area contributed by atoms with Gasteiger partial charge in [0.2, 0.25) is 5.89 Å². The second kappa shape index (κ2) is 9.97. The van der Waals surface area contributed by atoms with Crippen molar-refractivity contribution in [2.75, 3.05) is 5.32 Å². The van der Waals surface area contributed by atoms with Crippen molar-refractivity contribution in [1.82, 2.24) is 10.3 Å². The van der Waals surface area contributed by atoms with Crippen molar-refractivity contribution in [3.8, 4) is 22.8 Å². The van der Waals surface area contributed by atoms with Gasteiger partial charge in [-0.1, -0.05) is 37.6 Å². The van der Waals surface area contributed by atoms with Crippen LogP contribution in [0.2, 0.25) is 5.02 Å². The third kappa shape index (κ3) is 5.17. The van der Waals surface area contributed by atoms with Crippen LogP contribution in [0.3, 0.4) is 0 Å². The number of hydrogen-bond acceptors (Lipinski definition) is 5. The quantitative estimate of drug-likeness (QED) is 0.234. The number of nitrogens with one attached hydrogen (secondary N) is 2. The van der Waals surface area contributed by atoms with Gasteiger partial charge in [0.05, 0.1) is 0 Å². The number of rotatable bonds is 5. The van der Waals surface area contributed by atoms with Crippen molar-refractivity contribution < 1.29 is 13.6 Å². The minimum absolute atomic E-state index is 0.140. The summed E-state index contributed by atoms with van der Waals surface area (Å²) in [6.45, 7) is 4.28. The van der Waals surface area contributed by atoms with Gasteiger partial charge in [-0.15, -0.1) is 0 Å². The molecule has 0 aliphatic carbocycles. The molecule has 180 valence electrons. The van der Waals surface area contributed by atoms with Crippen LogP contribution < -0.4 is 10.6 Å². The van der Waals surface area contributed by atoms with Crippen LogP contribution in [-0.4, -0.2) is 16.0 Å². The maximum absolute atomic E-state index is 12.6. The van der Waals surface area contributed by atoms with Gasteiger partial charge >= 0.3 is 0 Å². The molecule has 2 aromatic heterocycles. The fraction of sp³-hybridized carbons (Fsp3) is 0.107. The molecule has 0 atom stereocenters. The van der Waals surface area contributed by atoms with E-state index in [0.717, 1.165) is 22.2 Å². The minimum Gasteiger partial charge on any atom is -0.451 e. The van der Waals surface area contributed by atoms with Gasteiger partial charge in [-0.2, -0.15) is 0 Å². The lowest BCUT2D eigenvalue weighted by Crippen LogP contribution is -2.33. The average molecular weight is 516 g/mol. The van der Waals surface area contributed by atoms with Crippen molar-refractivity contribution in [2.24, 2.45) is 0 Å². The molecule has 0 aliphatic heterocycles. The molecule has 0 aliphatic rings. The van der Waals surface area contributed by atoms with E-state index in [4.69, 9.17) is 32.7 Å². The van der Waals surface area contributed by atoms with Crippen molar-refractivity contribution >= 4 is 51.6 Å². The van der Waals surface area contributed by atoms with Gasteiger partial charge in [0.25, 0.3) is 5.91 Å². The summed E-state index contributed by atoms with van der Waals surface area (Å²) in [5.74, 6) is 1.16. The Bertz CT molecular complexity index is 1570. The fourth-order valence-electron chi connectivity index (χ4n) is 3.71. The van der Waals surface area contributed by atoms with E-state index in [1.807, 2.05) is 48.5 Å². The van der Waals surface area contributed by atoms with Crippen LogP contribution in [0.5, 0.6) is 0 Å². The van der Waals surface area contributed by atoms with Gasteiger partial charge < -0.3 is 14.2 Å². The number of carbonyl (C=O) groups excluding carboxylic acids is 1. The highest BCUT2D eigenvalue weighted by Gasteiger charge is 2.15. The van der Waals surface area contributed by atoms with E-state index in [9.17, 15) is 4.79 Å². The van der Waals surface area contributed by atoms with Crippen LogP contribution in [0.1, 0.15) is 35.9 Å². The summed E-state index contributed by atoms with van der Waals surface area (Å²) in [5, 5.41) is 6.44. The molecule has 0 unspecified atom stereocenters. The highest BCUT2D eigenvalue weighted by molar-refractivity contribution is 7.80. The van der Waals surface area contributed by atoms with E-state index in [-0.39, 0.29) is 10.9 Å². The molecule has 0 fully saturated rings. The maximum atomic E-state index is 12.6. The lowest BCUT2D eigenvalue weighted by atomic mass is 10.0. The third-order valence-corrected chi connectivity index (χ3v) is 6.09. The number of nitrogens with zero attached hydrogens (tertiary/aromatic N) is 1. The first kappa shape index (κ1) is 23.8. The number of fused-ring (bicyclic) bond motifs is 1. The molecule has 8 heteroatoms. The van der Waals surface area contributed by atoms with Crippen LogP contribution in [-0.2, 0) is 0 Å². The Kier molecular flexibility index (Phi) is 6.59. The number of aromatic nitrogens is 1. The zero-order valence-corrected chi connectivity index (χ0v) is 21.1. The molecule has 6 nitrogen and oxygen atoms in total. The van der Waals surface area contributed by atoms with E-state index in [2.05, 4.69) is 35.5 Å². The Morgan fingerprint density at radius 2 is 1.75 bits per heavy atom. The van der Waals surface area contributed by atoms with Gasteiger partial charge in [0.15, 0.2) is 16.5 Å². The van der Waals surface area contributed by atoms with Crippen LogP contribution in [0.4, 0.5) is 5.69 Å². The summed E-state index contributed by atoms with van der Waals surface area (Å²) >= 11 is 11.3. The van der Waals surface area contributed by atoms with E-state index >= 15 is 0 Å². The van der Waals surface area contributed by atoms with Crippen molar-refractivity contribution in [1.29, 1.82) is 0 Å². The van der Waals surface area contributed by atoms with Gasteiger partial charge in [-0.25, -0.2) is 4.98 Å². The predicted octanol–water partition coefficient (Wildman–Crippen LogP) is 7.66.